The molecule has 0 aliphatic rings. The van der Waals surface area contributed by atoms with Crippen LogP contribution in [0, 0.1) is 30.3 Å². The molecular weight excluding hydrogens is 292 g/mol. The Morgan fingerprint density at radius 1 is 1.10 bits per heavy atom. The van der Waals surface area contributed by atoms with Gasteiger partial charge in [-0.25, -0.2) is 4.79 Å². The van der Waals surface area contributed by atoms with Crippen LogP contribution in [0.2, 0.25) is 0 Å². The molecule has 112 valence electrons. The quantitative estimate of drug-likeness (QED) is 0.634. The first-order chi connectivity index (χ1) is 9.70. The van der Waals surface area contributed by atoms with Crippen molar-refractivity contribution in [3.63, 3.8) is 0 Å². The van der Waals surface area contributed by atoms with Crippen molar-refractivity contribution in [3.8, 4) is 0 Å². The van der Waals surface area contributed by atoms with Crippen molar-refractivity contribution in [1.82, 2.24) is 0 Å². The number of carboxylic acid groups (broad SMARTS) is 1. The fraction of sp³-hybridized carbons (Fsp3) is 0.222. The summed E-state index contributed by atoms with van der Waals surface area (Å²) in [5.74, 6) is 0. The first-order valence-electron chi connectivity index (χ1n) is 5.32. The second-order valence-corrected chi connectivity index (χ2v) is 3.63. The second kappa shape index (κ2) is 5.77. The zero-order valence-corrected chi connectivity index (χ0v) is 10.5. The van der Waals surface area contributed by atoms with E-state index >= 15 is 0 Å². The van der Waals surface area contributed by atoms with Gasteiger partial charge in [0.05, 0.1) is 26.9 Å². The maximum absolute atomic E-state index is 11.0. The smallest absolute Gasteiger partial charge is 0.412 e. The summed E-state index contributed by atoms with van der Waals surface area (Å²) in [7, 11) is 0. The molecule has 0 aliphatic carbocycles. The number of rotatable bonds is 5. The van der Waals surface area contributed by atoms with Crippen molar-refractivity contribution in [1.29, 1.82) is 0 Å². The highest BCUT2D eigenvalue weighted by Crippen LogP contribution is 2.40. The topological polar surface area (TPSA) is 170 Å². The first kappa shape index (κ1) is 15.7. The third-order valence-corrected chi connectivity index (χ3v) is 2.48. The van der Waals surface area contributed by atoms with Crippen LogP contribution in [0.3, 0.4) is 0 Å². The van der Waals surface area contributed by atoms with Gasteiger partial charge in [0.25, 0.3) is 5.69 Å². The molecule has 0 bridgehead atoms. The van der Waals surface area contributed by atoms with E-state index in [9.17, 15) is 35.1 Å². The number of hydrogen-bond donors (Lipinski definition) is 1. The van der Waals surface area contributed by atoms with E-state index in [1.807, 2.05) is 0 Å². The van der Waals surface area contributed by atoms with E-state index in [2.05, 4.69) is 0 Å². The van der Waals surface area contributed by atoms with Gasteiger partial charge >= 0.3 is 17.5 Å². The Labute approximate surface area is 115 Å². The molecular formula is C9H8N4O8. The number of nitro groups is 3. The van der Waals surface area contributed by atoms with E-state index in [0.29, 0.717) is 17.0 Å². The highest BCUT2D eigenvalue weighted by Gasteiger charge is 2.35. The van der Waals surface area contributed by atoms with Crippen LogP contribution in [0.4, 0.5) is 27.5 Å². The van der Waals surface area contributed by atoms with Gasteiger partial charge in [0.15, 0.2) is 0 Å². The molecule has 21 heavy (non-hydrogen) atoms. The summed E-state index contributed by atoms with van der Waals surface area (Å²) in [5, 5.41) is 41.5. The lowest BCUT2D eigenvalue weighted by Crippen LogP contribution is -2.30. The molecule has 0 aromatic heterocycles. The van der Waals surface area contributed by atoms with Crippen molar-refractivity contribution >= 4 is 28.8 Å². The lowest BCUT2D eigenvalue weighted by Gasteiger charge is -2.16. The minimum absolute atomic E-state index is 0.311. The van der Waals surface area contributed by atoms with Gasteiger partial charge in [-0.15, -0.1) is 0 Å². The number of nitrogens with zero attached hydrogens (tertiary/aromatic N) is 4. The van der Waals surface area contributed by atoms with Crippen LogP contribution in [0.5, 0.6) is 0 Å². The highest BCUT2D eigenvalue weighted by atomic mass is 16.6. The largest absolute Gasteiger partial charge is 0.465 e. The maximum atomic E-state index is 11.0. The molecule has 1 amide bonds. The van der Waals surface area contributed by atoms with E-state index in [-0.39, 0.29) is 6.54 Å². The summed E-state index contributed by atoms with van der Waals surface area (Å²) < 4.78 is 0. The van der Waals surface area contributed by atoms with Gasteiger partial charge in [-0.05, 0) is 6.92 Å². The van der Waals surface area contributed by atoms with Crippen LogP contribution in [0.1, 0.15) is 6.92 Å². The molecule has 0 saturated carbocycles. The average molecular weight is 300 g/mol. The third kappa shape index (κ3) is 2.99. The molecule has 12 nitrogen and oxygen atoms in total. The molecule has 0 saturated heterocycles. The Morgan fingerprint density at radius 2 is 1.52 bits per heavy atom. The van der Waals surface area contributed by atoms with Crippen molar-refractivity contribution in [2.24, 2.45) is 0 Å². The van der Waals surface area contributed by atoms with E-state index in [1.54, 1.807) is 0 Å². The summed E-state index contributed by atoms with van der Waals surface area (Å²) >= 11 is 0. The lowest BCUT2D eigenvalue weighted by molar-refractivity contribution is -0.402. The summed E-state index contributed by atoms with van der Waals surface area (Å²) in [6.07, 6.45) is -1.66. The number of amides is 1. The number of nitro benzene ring substituents is 3. The molecule has 0 fully saturated rings. The molecule has 0 spiro atoms. The van der Waals surface area contributed by atoms with Gasteiger partial charge in [0.2, 0.25) is 5.69 Å². The van der Waals surface area contributed by atoms with Crippen molar-refractivity contribution in [2.45, 2.75) is 6.92 Å². The van der Waals surface area contributed by atoms with Crippen LogP contribution in [0.25, 0.3) is 0 Å². The van der Waals surface area contributed by atoms with Crippen molar-refractivity contribution in [2.75, 3.05) is 11.4 Å². The summed E-state index contributed by atoms with van der Waals surface area (Å²) in [6, 6.07) is 0.960. The van der Waals surface area contributed by atoms with Crippen molar-refractivity contribution < 1.29 is 24.7 Å². The Hall–Kier alpha value is -3.31. The molecule has 1 aromatic rings. The highest BCUT2D eigenvalue weighted by molar-refractivity contribution is 5.94. The van der Waals surface area contributed by atoms with Crippen molar-refractivity contribution in [3.05, 3.63) is 42.5 Å². The lowest BCUT2D eigenvalue weighted by atomic mass is 10.2. The predicted octanol–water partition coefficient (Wildman–Crippen LogP) is 1.92. The third-order valence-electron chi connectivity index (χ3n) is 2.48. The molecule has 1 aromatic carbocycles. The molecule has 0 radical (unpaired) electrons. The predicted molar refractivity (Wildman–Crippen MR) is 67.5 cm³/mol. The van der Waals surface area contributed by atoms with E-state index in [0.717, 1.165) is 0 Å². The van der Waals surface area contributed by atoms with Crippen LogP contribution in [-0.2, 0) is 0 Å². The van der Waals surface area contributed by atoms with Crippen LogP contribution in [0.15, 0.2) is 12.1 Å². The Kier molecular flexibility index (Phi) is 4.32. The normalized spacial score (nSPS) is 9.95. The monoisotopic (exact) mass is 300 g/mol. The number of anilines is 1. The molecule has 1 rings (SSSR count). The number of hydrogen-bond acceptors (Lipinski definition) is 7. The fourth-order valence-electron chi connectivity index (χ4n) is 1.64. The minimum atomic E-state index is -1.66. The average Bonchev–Trinajstić information content (AvgIpc) is 2.38. The van der Waals surface area contributed by atoms with Gasteiger partial charge in [-0.2, -0.15) is 0 Å². The van der Waals surface area contributed by atoms with E-state index in [1.165, 1.54) is 6.92 Å². The van der Waals surface area contributed by atoms with Gasteiger partial charge in [0, 0.05) is 6.54 Å². The number of non-ortho nitro benzene ring substituents is 1. The second-order valence-electron chi connectivity index (χ2n) is 3.63. The van der Waals surface area contributed by atoms with Gasteiger partial charge in [-0.1, -0.05) is 0 Å². The summed E-state index contributed by atoms with van der Waals surface area (Å²) in [4.78, 5) is 40.7. The van der Waals surface area contributed by atoms with Gasteiger partial charge in [0.1, 0.15) is 0 Å². The number of carbonyl (C=O) groups is 1. The Bertz CT molecular complexity index is 608. The zero-order valence-electron chi connectivity index (χ0n) is 10.5. The first-order valence-corrected chi connectivity index (χ1v) is 5.32. The Balaban J connectivity index is 3.81. The van der Waals surface area contributed by atoms with E-state index < -0.39 is 43.6 Å². The minimum Gasteiger partial charge on any atom is -0.465 e. The molecule has 1 N–H and O–H groups in total. The van der Waals surface area contributed by atoms with E-state index in [4.69, 9.17) is 5.11 Å². The molecule has 0 unspecified atom stereocenters. The fourth-order valence-corrected chi connectivity index (χ4v) is 1.64. The molecule has 0 heterocycles. The van der Waals surface area contributed by atoms with Gasteiger partial charge < -0.3 is 5.11 Å². The Morgan fingerprint density at radius 3 is 1.76 bits per heavy atom. The standard InChI is InChI=1S/C9H8N4O8/c1-2-10(9(14)15)8-6(12(18)19)3-5(11(16)17)4-7(8)13(20)21/h3-4H,2H2,1H3,(H,14,15). The summed E-state index contributed by atoms with van der Waals surface area (Å²) in [5.41, 5.74) is -3.75. The van der Waals surface area contributed by atoms with Crippen LogP contribution in [-0.4, -0.2) is 32.5 Å². The van der Waals surface area contributed by atoms with Crippen LogP contribution >= 0.6 is 0 Å². The number of benzene rings is 1. The maximum Gasteiger partial charge on any atom is 0.412 e. The SMILES string of the molecule is CCN(C(=O)O)c1c([N+](=O)[O-])cc([N+](=O)[O-])cc1[N+](=O)[O-]. The molecule has 0 atom stereocenters. The molecule has 0 aliphatic heterocycles. The molecule has 12 heteroatoms. The zero-order chi connectivity index (χ0) is 16.3. The van der Waals surface area contributed by atoms with Crippen LogP contribution < -0.4 is 4.90 Å². The van der Waals surface area contributed by atoms with Gasteiger partial charge in [-0.3, -0.25) is 35.2 Å². The summed E-state index contributed by atoms with van der Waals surface area (Å²) in [6.45, 7) is 0.998.